The highest BCUT2D eigenvalue weighted by Gasteiger charge is 2.15. The highest BCUT2D eigenvalue weighted by atomic mass is 35.5. The zero-order valence-electron chi connectivity index (χ0n) is 13.8. The maximum atomic E-state index is 11.9. The summed E-state index contributed by atoms with van der Waals surface area (Å²) in [5, 5.41) is 4.85. The van der Waals surface area contributed by atoms with E-state index in [-0.39, 0.29) is 11.7 Å². The third kappa shape index (κ3) is 4.01. The van der Waals surface area contributed by atoms with Crippen LogP contribution in [0.1, 0.15) is 29.7 Å². The predicted octanol–water partition coefficient (Wildman–Crippen LogP) is 4.89. The van der Waals surface area contributed by atoms with E-state index in [2.05, 4.69) is 12.2 Å². The van der Waals surface area contributed by atoms with Gasteiger partial charge in [-0.3, -0.25) is 0 Å². The van der Waals surface area contributed by atoms with Crippen molar-refractivity contribution in [2.24, 2.45) is 0 Å². The van der Waals surface area contributed by atoms with Gasteiger partial charge in [-0.15, -0.1) is 0 Å². The van der Waals surface area contributed by atoms with Crippen LogP contribution < -0.4 is 10.9 Å². The summed E-state index contributed by atoms with van der Waals surface area (Å²) in [4.78, 5) is 11.9. The Hall–Kier alpha value is -1.52. The molecule has 0 fully saturated rings. The molecule has 0 bridgehead atoms. The highest BCUT2D eigenvalue weighted by molar-refractivity contribution is 6.35. The molecule has 3 rings (SSSR count). The molecule has 0 radical (unpaired) electrons. The average molecular weight is 398 g/mol. The predicted molar refractivity (Wildman–Crippen MR) is 103 cm³/mol. The molecule has 0 aliphatic rings. The summed E-state index contributed by atoms with van der Waals surface area (Å²) in [7, 11) is 0. The monoisotopic (exact) mass is 396 g/mol. The quantitative estimate of drug-likeness (QED) is 0.637. The van der Waals surface area contributed by atoms with Crippen LogP contribution in [-0.4, -0.2) is 0 Å². The van der Waals surface area contributed by atoms with Crippen molar-refractivity contribution < 1.29 is 9.73 Å². The van der Waals surface area contributed by atoms with Gasteiger partial charge in [-0.2, -0.15) is 0 Å². The summed E-state index contributed by atoms with van der Waals surface area (Å²) in [6, 6.07) is 10.7. The van der Waals surface area contributed by atoms with Gasteiger partial charge in [0.05, 0.1) is 5.02 Å². The minimum atomic E-state index is -0.366. The lowest BCUT2D eigenvalue weighted by Crippen LogP contribution is -2.83. The van der Waals surface area contributed by atoms with Crippen molar-refractivity contribution in [3.63, 3.8) is 0 Å². The fraction of sp³-hybridized carbons (Fsp3) is 0.211. The van der Waals surface area contributed by atoms with Crippen molar-refractivity contribution in [1.29, 1.82) is 0 Å². The van der Waals surface area contributed by atoms with Gasteiger partial charge in [0.1, 0.15) is 18.2 Å². The molecule has 1 atom stereocenters. The van der Waals surface area contributed by atoms with E-state index in [1.165, 1.54) is 6.07 Å². The molecule has 130 valence electrons. The van der Waals surface area contributed by atoms with Gasteiger partial charge in [0.15, 0.2) is 0 Å². The molecule has 3 aromatic rings. The van der Waals surface area contributed by atoms with Crippen LogP contribution in [0.15, 0.2) is 45.6 Å². The second-order valence-corrected chi connectivity index (χ2v) is 7.33. The third-order valence-electron chi connectivity index (χ3n) is 4.25. The van der Waals surface area contributed by atoms with Crippen LogP contribution in [0.2, 0.25) is 15.1 Å². The Morgan fingerprint density at radius 2 is 1.84 bits per heavy atom. The average Bonchev–Trinajstić information content (AvgIpc) is 2.54. The Morgan fingerprint density at radius 1 is 1.08 bits per heavy atom. The number of nitrogens with two attached hydrogens (primary N) is 1. The normalized spacial score (nSPS) is 12.5. The van der Waals surface area contributed by atoms with Crippen molar-refractivity contribution in [2.75, 3.05) is 0 Å². The van der Waals surface area contributed by atoms with Crippen molar-refractivity contribution in [3.8, 4) is 0 Å². The number of fused-ring (bicyclic) bond motifs is 1. The van der Waals surface area contributed by atoms with Crippen LogP contribution in [0.25, 0.3) is 11.0 Å². The molecular formula is C19H17Cl3NO2+. The standard InChI is InChI=1S/C19H16Cl3NO2/c1-10-5-18-15(8-16(10)21)12(6-19(24)25-18)9-23-11(2)14-4-3-13(20)7-17(14)22/h3-8,11,23H,9H2,1-2H3/p+1/t11-/m0/s1. The summed E-state index contributed by atoms with van der Waals surface area (Å²) in [5.74, 6) is 0. The smallest absolute Gasteiger partial charge is 0.336 e. The fourth-order valence-corrected chi connectivity index (χ4v) is 3.56. The molecule has 0 unspecified atom stereocenters. The maximum Gasteiger partial charge on any atom is 0.336 e. The molecule has 0 aliphatic heterocycles. The van der Waals surface area contributed by atoms with Crippen molar-refractivity contribution in [3.05, 3.63) is 78.6 Å². The summed E-state index contributed by atoms with van der Waals surface area (Å²) < 4.78 is 5.30. The molecule has 1 heterocycles. The van der Waals surface area contributed by atoms with Crippen LogP contribution in [-0.2, 0) is 6.54 Å². The summed E-state index contributed by atoms with van der Waals surface area (Å²) in [5.41, 5.74) is 2.93. The van der Waals surface area contributed by atoms with Gasteiger partial charge in [0.2, 0.25) is 0 Å². The zero-order chi connectivity index (χ0) is 18.1. The van der Waals surface area contributed by atoms with Gasteiger partial charge in [-0.25, -0.2) is 4.79 Å². The van der Waals surface area contributed by atoms with Gasteiger partial charge in [-0.05, 0) is 43.7 Å². The fourth-order valence-electron chi connectivity index (χ4n) is 2.82. The molecule has 0 spiro atoms. The molecule has 0 saturated heterocycles. The number of hydrogen-bond donors (Lipinski definition) is 1. The topological polar surface area (TPSA) is 46.8 Å². The number of benzene rings is 2. The molecule has 2 aromatic carbocycles. The minimum Gasteiger partial charge on any atom is -0.423 e. The van der Waals surface area contributed by atoms with Crippen LogP contribution in [0.3, 0.4) is 0 Å². The lowest BCUT2D eigenvalue weighted by Gasteiger charge is -2.14. The Bertz CT molecular complexity index is 998. The van der Waals surface area contributed by atoms with Crippen molar-refractivity contribution in [1.82, 2.24) is 0 Å². The van der Waals surface area contributed by atoms with Gasteiger partial charge in [-0.1, -0.05) is 40.9 Å². The molecule has 0 aliphatic carbocycles. The van der Waals surface area contributed by atoms with E-state index < -0.39 is 0 Å². The van der Waals surface area contributed by atoms with Crippen LogP contribution >= 0.6 is 34.8 Å². The first-order chi connectivity index (χ1) is 11.8. The van der Waals surface area contributed by atoms with Crippen LogP contribution in [0, 0.1) is 6.92 Å². The Morgan fingerprint density at radius 3 is 2.56 bits per heavy atom. The van der Waals surface area contributed by atoms with E-state index in [9.17, 15) is 4.79 Å². The Kier molecular flexibility index (Phi) is 5.40. The molecule has 2 N–H and O–H groups in total. The first kappa shape index (κ1) is 18.3. The molecule has 25 heavy (non-hydrogen) atoms. The third-order valence-corrected chi connectivity index (χ3v) is 5.22. The second kappa shape index (κ2) is 7.38. The van der Waals surface area contributed by atoms with E-state index in [4.69, 9.17) is 39.2 Å². The molecule has 0 saturated carbocycles. The molecule has 1 aromatic heterocycles. The van der Waals surface area contributed by atoms with E-state index in [1.807, 2.05) is 25.1 Å². The van der Waals surface area contributed by atoms with E-state index in [0.717, 1.165) is 22.1 Å². The van der Waals surface area contributed by atoms with Crippen molar-refractivity contribution >= 4 is 45.8 Å². The van der Waals surface area contributed by atoms with Gasteiger partial charge in [0.25, 0.3) is 0 Å². The highest BCUT2D eigenvalue weighted by Crippen LogP contribution is 2.26. The summed E-state index contributed by atoms with van der Waals surface area (Å²) >= 11 is 18.5. The van der Waals surface area contributed by atoms with E-state index >= 15 is 0 Å². The first-order valence-electron chi connectivity index (χ1n) is 7.86. The maximum absolute atomic E-state index is 11.9. The van der Waals surface area contributed by atoms with Crippen LogP contribution in [0.5, 0.6) is 0 Å². The number of quaternary nitrogens is 1. The number of halogens is 3. The van der Waals surface area contributed by atoms with Gasteiger partial charge in [0, 0.05) is 32.6 Å². The second-order valence-electron chi connectivity index (χ2n) is 6.08. The van der Waals surface area contributed by atoms with E-state index in [1.54, 1.807) is 12.1 Å². The number of hydrogen-bond acceptors (Lipinski definition) is 2. The largest absolute Gasteiger partial charge is 0.423 e. The summed E-state index contributed by atoms with van der Waals surface area (Å²) in [6.07, 6.45) is 0. The van der Waals surface area contributed by atoms with E-state index in [0.29, 0.717) is 27.2 Å². The Labute approximate surface area is 160 Å². The van der Waals surface area contributed by atoms with Crippen molar-refractivity contribution in [2.45, 2.75) is 26.4 Å². The summed E-state index contributed by atoms with van der Waals surface area (Å²) in [6.45, 7) is 4.53. The molecule has 3 nitrogen and oxygen atoms in total. The molecular weight excluding hydrogens is 381 g/mol. The molecule has 0 amide bonds. The van der Waals surface area contributed by atoms with Gasteiger partial charge < -0.3 is 9.73 Å². The minimum absolute atomic E-state index is 0.105. The van der Waals surface area contributed by atoms with Gasteiger partial charge >= 0.3 is 5.63 Å². The SMILES string of the molecule is Cc1cc2oc(=O)cc(C[NH2+][C@@H](C)c3ccc(Cl)cc3Cl)c2cc1Cl. The molecule has 6 heteroatoms. The lowest BCUT2D eigenvalue weighted by molar-refractivity contribution is -0.707. The zero-order valence-corrected chi connectivity index (χ0v) is 16.0. The number of aryl methyl sites for hydroxylation is 1. The van der Waals surface area contributed by atoms with Crippen LogP contribution in [0.4, 0.5) is 0 Å². The Balaban J connectivity index is 1.90. The number of rotatable bonds is 4. The first-order valence-corrected chi connectivity index (χ1v) is 8.99. The lowest BCUT2D eigenvalue weighted by atomic mass is 10.1.